The number of carbonyl (C=O) groups is 8. The van der Waals surface area contributed by atoms with Crippen molar-refractivity contribution in [3.05, 3.63) is 163 Å². The summed E-state index contributed by atoms with van der Waals surface area (Å²) in [5, 5.41) is 29.4. The van der Waals surface area contributed by atoms with Gasteiger partial charge in [-0.2, -0.15) is 0 Å². The van der Waals surface area contributed by atoms with E-state index in [0.29, 0.717) is 38.9 Å². The summed E-state index contributed by atoms with van der Waals surface area (Å²) in [6, 6.07) is 28.6. The molecule has 1 aromatic heterocycles. The van der Waals surface area contributed by atoms with Crippen LogP contribution in [0.2, 0.25) is 0 Å². The van der Waals surface area contributed by atoms with Gasteiger partial charge in [0.15, 0.2) is 5.78 Å². The molecule has 6 aromatic rings. The molecule has 19 nitrogen and oxygen atoms in total. The molecule has 4 amide bonds. The molecule has 0 bridgehead atoms. The molecule has 2 aliphatic carbocycles. The number of benzene rings is 5. The number of H-pyrrole nitrogens is 1. The van der Waals surface area contributed by atoms with Gasteiger partial charge in [0.25, 0.3) is 11.5 Å². The van der Waals surface area contributed by atoms with Crippen LogP contribution in [0.1, 0.15) is 97.7 Å². The van der Waals surface area contributed by atoms with Gasteiger partial charge in [-0.05, 0) is 102 Å². The van der Waals surface area contributed by atoms with Crippen molar-refractivity contribution in [2.24, 2.45) is 5.41 Å². The van der Waals surface area contributed by atoms with Crippen LogP contribution >= 0.6 is 0 Å². The van der Waals surface area contributed by atoms with E-state index in [4.69, 9.17) is 9.84 Å². The van der Waals surface area contributed by atoms with Crippen LogP contribution in [0.3, 0.4) is 0 Å². The number of Topliss-reactive ketones (excluding diaryl/α,β-unsaturated/α-hetero) is 2. The van der Waals surface area contributed by atoms with Gasteiger partial charge in [0.05, 0.1) is 29.6 Å². The number of carbonyl (C=O) groups excluding carboxylic acids is 6. The standard InChI is InChI=1S/C60H59N7O12.Fm/c1-32-52(55(73)53(33(2)54(32)72)63-23-22-50(70)71)60(4,5)28-49(69)62-25-24-61-48(68)21-20-47(58(76)77)67-30-37-27-38(17-18-39(37)57(67)75)66(29-35-14-15-36-16-19-46-51(44(36)26-35)56(74)65-34(3)64-46)59(78)79-31-45-42-12-8-6-10-40(42)41-11-7-9-13-43(41)45;/h6-19,26-27,45,47,63H,20-25,28-31H2,1-5H3,(H,61,68)(H,62,69)(H,70,71)(H,76,77)(H,64,65,74);. The Morgan fingerprint density at radius 3 is 2.12 bits per heavy atom. The van der Waals surface area contributed by atoms with Gasteiger partial charge in [-0.25, -0.2) is 14.6 Å². The van der Waals surface area contributed by atoms with Gasteiger partial charge >= 0.3 is 18.0 Å². The molecule has 5 aromatic carbocycles. The van der Waals surface area contributed by atoms with E-state index in [0.717, 1.165) is 27.6 Å². The van der Waals surface area contributed by atoms with E-state index >= 15 is 0 Å². The first kappa shape index (κ1) is 56.0. The number of allylic oxidation sites excluding steroid dienone is 3. The zero-order chi connectivity index (χ0) is 56.4. The zero-order valence-corrected chi connectivity index (χ0v) is 47.0. The molecular weight excluding hydrogens is 1270 g/mol. The topological polar surface area (TPSA) is 275 Å². The molecule has 20 heteroatoms. The zero-order valence-electron chi connectivity index (χ0n) is 44.6. The number of nitrogens with one attached hydrogen (secondary N) is 4. The smallest absolute Gasteiger partial charge is 0.414 e. The number of nitrogens with zero attached hydrogens (tertiary/aromatic N) is 3. The van der Waals surface area contributed by atoms with Crippen molar-refractivity contribution in [1.82, 2.24) is 30.8 Å². The molecule has 0 fully saturated rings. The first-order valence-electron chi connectivity index (χ1n) is 25.9. The Bertz CT molecular complexity index is 3650. The summed E-state index contributed by atoms with van der Waals surface area (Å²) in [5.74, 6) is -4.62. The SMILES string of the molecule is CC1=C(NCCC(=O)O)C(=O)C(C(C)(C)CC(=O)NCCNC(=O)CCC(C(=O)O)N2Cc3cc(N(Cc4ccc5ccc6nc(C)[nH]c(=O)c6c5c4)C(=O)OCC4c5ccccc5-c5ccccc54)ccc3C2=O)=C(C)C1=O.[Fm]. The fraction of sp³-hybridized carbons (Fsp3) is 0.300. The number of aromatic nitrogens is 2. The number of fused-ring (bicyclic) bond motifs is 7. The quantitative estimate of drug-likeness (QED) is 0.0256. The summed E-state index contributed by atoms with van der Waals surface area (Å²) in [7, 11) is 0. The van der Waals surface area contributed by atoms with Crippen LogP contribution in [0.4, 0.5) is 10.5 Å². The first-order chi connectivity index (χ1) is 37.7. The van der Waals surface area contributed by atoms with E-state index in [1.54, 1.807) is 45.0 Å². The van der Waals surface area contributed by atoms with E-state index < -0.39 is 58.8 Å². The summed E-state index contributed by atoms with van der Waals surface area (Å²) in [5.41, 5.74) is 5.48. The van der Waals surface area contributed by atoms with Crippen molar-refractivity contribution in [3.8, 4) is 11.1 Å². The van der Waals surface area contributed by atoms with Crippen LogP contribution < -0.4 is 26.4 Å². The van der Waals surface area contributed by atoms with Crippen LogP contribution in [0.15, 0.2) is 124 Å². The summed E-state index contributed by atoms with van der Waals surface area (Å²) < 4.78 is 6.19. The maximum Gasteiger partial charge on any atom is 0.414 e. The van der Waals surface area contributed by atoms with Gasteiger partial charge in [0.1, 0.15) is 18.5 Å². The molecule has 0 spiro atoms. The first-order valence-corrected chi connectivity index (χ1v) is 25.9. The third kappa shape index (κ3) is 11.1. The van der Waals surface area contributed by atoms with Crippen LogP contribution in [0.5, 0.6) is 0 Å². The number of anilines is 1. The van der Waals surface area contributed by atoms with Gasteiger partial charge < -0.3 is 40.8 Å². The number of aromatic amines is 1. The van der Waals surface area contributed by atoms with E-state index in [1.165, 1.54) is 23.6 Å². The van der Waals surface area contributed by atoms with Gasteiger partial charge in [-0.15, -0.1) is 0 Å². The van der Waals surface area contributed by atoms with Crippen molar-refractivity contribution >= 4 is 74.7 Å². The number of hydrogen-bond acceptors (Lipinski definition) is 12. The second-order valence-corrected chi connectivity index (χ2v) is 20.7. The predicted octanol–water partition coefficient (Wildman–Crippen LogP) is 6.98. The second kappa shape index (κ2) is 22.8. The fourth-order valence-corrected chi connectivity index (χ4v) is 11.1. The van der Waals surface area contributed by atoms with Crippen LogP contribution in [0, 0.1) is 12.3 Å². The van der Waals surface area contributed by atoms with E-state index in [9.17, 15) is 48.3 Å². The summed E-state index contributed by atoms with van der Waals surface area (Å²) in [6.45, 7) is 7.76. The molecule has 9 rings (SSSR count). The van der Waals surface area contributed by atoms with Gasteiger partial charge in [0, 0.05) is 78.3 Å². The number of aryl methyl sites for hydroxylation is 1. The number of rotatable bonds is 20. The molecule has 80 heavy (non-hydrogen) atoms. The Morgan fingerprint density at radius 2 is 1.45 bits per heavy atom. The predicted molar refractivity (Wildman–Crippen MR) is 293 cm³/mol. The molecule has 1 unspecified atom stereocenters. The third-order valence-corrected chi connectivity index (χ3v) is 14.9. The Labute approximate surface area is 453 Å². The van der Waals surface area contributed by atoms with Gasteiger partial charge in [0.2, 0.25) is 17.6 Å². The van der Waals surface area contributed by atoms with E-state index in [-0.39, 0.29) is 104 Å². The Hall–Kier alpha value is -10.3. The van der Waals surface area contributed by atoms with Crippen molar-refractivity contribution in [2.45, 2.75) is 85.4 Å². The van der Waals surface area contributed by atoms with Crippen molar-refractivity contribution < 1.29 is 53.3 Å². The number of carboxylic acid groups (broad SMARTS) is 2. The van der Waals surface area contributed by atoms with Crippen LogP contribution in [-0.2, 0) is 46.6 Å². The Kier molecular flexibility index (Phi) is 15.9. The van der Waals surface area contributed by atoms with E-state index in [2.05, 4.69) is 25.9 Å². The number of amides is 4. The minimum atomic E-state index is -1.40. The molecular formula is C60H59FmN7O12. The maximum absolute atomic E-state index is 14.6. The normalized spacial score (nSPS) is 14.4. The second-order valence-electron chi connectivity index (χ2n) is 20.7. The molecule has 3 aliphatic rings. The summed E-state index contributed by atoms with van der Waals surface area (Å²) >= 11 is 0. The number of carboxylic acids is 2. The van der Waals surface area contributed by atoms with Crippen molar-refractivity contribution in [1.29, 1.82) is 0 Å². The average Bonchev–Trinajstić information content (AvgIpc) is 3.90. The largest absolute Gasteiger partial charge is 0.481 e. The fourth-order valence-electron chi connectivity index (χ4n) is 11.1. The van der Waals surface area contributed by atoms with Crippen LogP contribution in [0.25, 0.3) is 32.8 Å². The molecule has 418 valence electrons. The molecule has 2 heterocycles. The monoisotopic (exact) mass is 1330 g/mol. The van der Waals surface area contributed by atoms with Crippen molar-refractivity contribution in [2.75, 3.05) is 31.1 Å². The molecule has 0 radical (unpaired) electrons. The average molecular weight is 1330 g/mol. The minimum Gasteiger partial charge on any atom is -0.481 e. The summed E-state index contributed by atoms with van der Waals surface area (Å²) in [6.07, 6.45) is -1.67. The minimum absolute atomic E-state index is 0. The Balaban J connectivity index is 0.00000841. The van der Waals surface area contributed by atoms with Crippen molar-refractivity contribution in [3.63, 3.8) is 0 Å². The van der Waals surface area contributed by atoms with Gasteiger partial charge in [-0.3, -0.25) is 38.5 Å². The molecule has 6 N–H and O–H groups in total. The van der Waals surface area contributed by atoms with E-state index in [1.807, 2.05) is 72.8 Å². The number of hydrogen-bond donors (Lipinski definition) is 6. The molecule has 0 saturated heterocycles. The van der Waals surface area contributed by atoms with Crippen LogP contribution in [-0.4, -0.2) is 105 Å². The number of ketones is 2. The summed E-state index contributed by atoms with van der Waals surface area (Å²) in [4.78, 5) is 129. The third-order valence-electron chi connectivity index (χ3n) is 14.9. The molecule has 1 atom stereocenters. The maximum atomic E-state index is 14.6. The molecule has 1 aliphatic heterocycles. The number of ether oxygens (including phenoxy) is 1. The Morgan fingerprint density at radius 1 is 0.787 bits per heavy atom. The number of aliphatic carboxylic acids is 2. The van der Waals surface area contributed by atoms with Gasteiger partial charge in [-0.1, -0.05) is 80.6 Å². The molecule has 0 saturated carbocycles.